The van der Waals surface area contributed by atoms with E-state index in [1.54, 1.807) is 13.3 Å². The summed E-state index contributed by atoms with van der Waals surface area (Å²) in [6.45, 7) is 2.43. The van der Waals surface area contributed by atoms with Gasteiger partial charge in [-0.3, -0.25) is 4.79 Å². The van der Waals surface area contributed by atoms with Gasteiger partial charge in [-0.2, -0.15) is 0 Å². The maximum atomic E-state index is 12.2. The highest BCUT2D eigenvalue weighted by atomic mass is 16.5. The van der Waals surface area contributed by atoms with Gasteiger partial charge in [0.15, 0.2) is 0 Å². The summed E-state index contributed by atoms with van der Waals surface area (Å²) in [7, 11) is 1.63. The molecule has 2 aromatic heterocycles. The summed E-state index contributed by atoms with van der Waals surface area (Å²) in [5, 5.41) is 2.88. The van der Waals surface area contributed by atoms with E-state index in [4.69, 9.17) is 4.74 Å². The van der Waals surface area contributed by atoms with E-state index in [0.29, 0.717) is 12.2 Å². The van der Waals surface area contributed by atoms with Crippen LogP contribution in [0, 0.1) is 6.92 Å². The number of methoxy groups -OCH3 is 1. The highest BCUT2D eigenvalue weighted by molar-refractivity contribution is 5.92. The maximum absolute atomic E-state index is 12.2. The Balaban J connectivity index is 1.71. The molecule has 0 saturated carbocycles. The second-order valence-electron chi connectivity index (χ2n) is 5.08. The van der Waals surface area contributed by atoms with E-state index in [0.717, 1.165) is 22.5 Å². The first kappa shape index (κ1) is 14.1. The summed E-state index contributed by atoms with van der Waals surface area (Å²) in [6, 6.07) is 11.5. The average Bonchev–Trinajstić information content (AvgIpc) is 2.99. The molecule has 0 aliphatic heterocycles. The van der Waals surface area contributed by atoms with Crippen molar-refractivity contribution in [2.75, 3.05) is 7.11 Å². The van der Waals surface area contributed by atoms with Gasteiger partial charge in [0.1, 0.15) is 17.1 Å². The molecule has 3 aromatic rings. The van der Waals surface area contributed by atoms with Crippen LogP contribution in [0.2, 0.25) is 0 Å². The second-order valence-corrected chi connectivity index (χ2v) is 5.08. The minimum absolute atomic E-state index is 0.182. The second kappa shape index (κ2) is 5.89. The van der Waals surface area contributed by atoms with E-state index in [2.05, 4.69) is 10.3 Å². The molecule has 0 bridgehead atoms. The van der Waals surface area contributed by atoms with Crippen LogP contribution in [-0.4, -0.2) is 22.4 Å². The van der Waals surface area contributed by atoms with Crippen LogP contribution >= 0.6 is 0 Å². The number of benzene rings is 1. The van der Waals surface area contributed by atoms with Crippen molar-refractivity contribution in [3.8, 4) is 5.75 Å². The highest BCUT2D eigenvalue weighted by Gasteiger charge is 2.11. The smallest absolute Gasteiger partial charge is 0.271 e. The number of imidazole rings is 1. The lowest BCUT2D eigenvalue weighted by atomic mass is 10.2. The molecule has 0 aliphatic carbocycles. The van der Waals surface area contributed by atoms with E-state index >= 15 is 0 Å². The number of fused-ring (bicyclic) bond motifs is 1. The van der Waals surface area contributed by atoms with Gasteiger partial charge in [-0.1, -0.05) is 18.2 Å². The molecular formula is C17H17N3O2. The molecule has 3 rings (SSSR count). The molecule has 22 heavy (non-hydrogen) atoms. The van der Waals surface area contributed by atoms with E-state index in [9.17, 15) is 4.79 Å². The van der Waals surface area contributed by atoms with Crippen molar-refractivity contribution in [3.63, 3.8) is 0 Å². The van der Waals surface area contributed by atoms with Crippen molar-refractivity contribution in [1.82, 2.24) is 14.7 Å². The summed E-state index contributed by atoms with van der Waals surface area (Å²) in [6.07, 6.45) is 3.63. The molecule has 0 saturated heterocycles. The van der Waals surface area contributed by atoms with Gasteiger partial charge in [-0.25, -0.2) is 4.98 Å². The molecule has 1 N–H and O–H groups in total. The number of hydrogen-bond acceptors (Lipinski definition) is 3. The van der Waals surface area contributed by atoms with Gasteiger partial charge in [0.25, 0.3) is 5.91 Å². The van der Waals surface area contributed by atoms with Gasteiger partial charge in [0, 0.05) is 18.9 Å². The van der Waals surface area contributed by atoms with Gasteiger partial charge in [0.2, 0.25) is 0 Å². The lowest BCUT2D eigenvalue weighted by Crippen LogP contribution is -2.23. The molecular weight excluding hydrogens is 278 g/mol. The molecule has 0 atom stereocenters. The van der Waals surface area contributed by atoms with E-state index in [1.165, 1.54) is 0 Å². The average molecular weight is 295 g/mol. The Morgan fingerprint density at radius 1 is 1.27 bits per heavy atom. The fraction of sp³-hybridized carbons (Fsp3) is 0.176. The standard InChI is InChI=1S/C17H17N3O2/c1-12-4-3-9-20-11-15(19-16(12)20)17(21)18-10-13-5-7-14(22-2)8-6-13/h3-9,11H,10H2,1-2H3,(H,18,21). The Morgan fingerprint density at radius 3 is 2.73 bits per heavy atom. The zero-order valence-corrected chi connectivity index (χ0v) is 12.5. The fourth-order valence-corrected chi connectivity index (χ4v) is 2.28. The van der Waals surface area contributed by atoms with Gasteiger partial charge in [-0.15, -0.1) is 0 Å². The minimum Gasteiger partial charge on any atom is -0.497 e. The lowest BCUT2D eigenvalue weighted by Gasteiger charge is -2.04. The first-order valence-electron chi connectivity index (χ1n) is 7.03. The quantitative estimate of drug-likeness (QED) is 0.805. The molecule has 112 valence electrons. The predicted molar refractivity (Wildman–Crippen MR) is 84.1 cm³/mol. The van der Waals surface area contributed by atoms with Crippen LogP contribution in [0.5, 0.6) is 5.75 Å². The van der Waals surface area contributed by atoms with Crippen molar-refractivity contribution in [2.45, 2.75) is 13.5 Å². The number of aryl methyl sites for hydroxylation is 1. The Morgan fingerprint density at radius 2 is 2.05 bits per heavy atom. The number of nitrogens with one attached hydrogen (secondary N) is 1. The normalized spacial score (nSPS) is 10.6. The third-order valence-electron chi connectivity index (χ3n) is 3.52. The zero-order valence-electron chi connectivity index (χ0n) is 12.5. The predicted octanol–water partition coefficient (Wildman–Crippen LogP) is 2.58. The van der Waals surface area contributed by atoms with Crippen LogP contribution in [0.15, 0.2) is 48.8 Å². The first-order chi connectivity index (χ1) is 10.7. The van der Waals surface area contributed by atoms with Crippen molar-refractivity contribution in [3.05, 3.63) is 65.6 Å². The third kappa shape index (κ3) is 2.79. The SMILES string of the molecule is COc1ccc(CNC(=O)c2cn3cccc(C)c3n2)cc1. The zero-order chi connectivity index (χ0) is 15.5. The Bertz CT molecular complexity index is 806. The van der Waals surface area contributed by atoms with Gasteiger partial charge in [-0.05, 0) is 36.2 Å². The van der Waals surface area contributed by atoms with Gasteiger partial charge < -0.3 is 14.5 Å². The third-order valence-corrected chi connectivity index (χ3v) is 3.52. The fourth-order valence-electron chi connectivity index (χ4n) is 2.28. The minimum atomic E-state index is -0.182. The molecule has 5 nitrogen and oxygen atoms in total. The Labute approximate surface area is 128 Å². The van der Waals surface area contributed by atoms with Crippen LogP contribution in [0.25, 0.3) is 5.65 Å². The largest absolute Gasteiger partial charge is 0.497 e. The molecule has 0 radical (unpaired) electrons. The van der Waals surface area contributed by atoms with Crippen molar-refractivity contribution in [2.24, 2.45) is 0 Å². The van der Waals surface area contributed by atoms with Crippen molar-refractivity contribution in [1.29, 1.82) is 0 Å². The number of hydrogen-bond donors (Lipinski definition) is 1. The summed E-state index contributed by atoms with van der Waals surface area (Å²) in [4.78, 5) is 16.6. The van der Waals surface area contributed by atoms with Crippen LogP contribution in [-0.2, 0) is 6.54 Å². The van der Waals surface area contributed by atoms with Crippen LogP contribution in [0.4, 0.5) is 0 Å². The summed E-state index contributed by atoms with van der Waals surface area (Å²) < 4.78 is 6.97. The molecule has 5 heteroatoms. The van der Waals surface area contributed by atoms with Crippen LogP contribution in [0.1, 0.15) is 21.6 Å². The number of nitrogens with zero attached hydrogens (tertiary/aromatic N) is 2. The Hall–Kier alpha value is -2.82. The number of rotatable bonds is 4. The maximum Gasteiger partial charge on any atom is 0.271 e. The van der Waals surface area contributed by atoms with Crippen LogP contribution < -0.4 is 10.1 Å². The molecule has 0 fully saturated rings. The van der Waals surface area contributed by atoms with Gasteiger partial charge in [0.05, 0.1) is 7.11 Å². The lowest BCUT2D eigenvalue weighted by molar-refractivity contribution is 0.0946. The summed E-state index contributed by atoms with van der Waals surface area (Å²) >= 11 is 0. The topological polar surface area (TPSA) is 55.6 Å². The number of aromatic nitrogens is 2. The Kier molecular flexibility index (Phi) is 3.78. The van der Waals surface area contributed by atoms with E-state index in [1.807, 2.05) is 53.9 Å². The van der Waals surface area contributed by atoms with Gasteiger partial charge >= 0.3 is 0 Å². The number of amides is 1. The summed E-state index contributed by atoms with van der Waals surface area (Å²) in [5.41, 5.74) is 3.27. The number of ether oxygens (including phenoxy) is 1. The van der Waals surface area contributed by atoms with Crippen molar-refractivity contribution >= 4 is 11.6 Å². The monoisotopic (exact) mass is 295 g/mol. The molecule has 0 spiro atoms. The van der Waals surface area contributed by atoms with E-state index < -0.39 is 0 Å². The summed E-state index contributed by atoms with van der Waals surface area (Å²) in [5.74, 6) is 0.616. The molecule has 2 heterocycles. The molecule has 0 aliphatic rings. The first-order valence-corrected chi connectivity index (χ1v) is 7.03. The van der Waals surface area contributed by atoms with Crippen LogP contribution in [0.3, 0.4) is 0 Å². The van der Waals surface area contributed by atoms with Crippen molar-refractivity contribution < 1.29 is 9.53 Å². The molecule has 1 amide bonds. The number of carbonyl (C=O) groups excluding carboxylic acids is 1. The number of pyridine rings is 1. The van der Waals surface area contributed by atoms with E-state index in [-0.39, 0.29) is 5.91 Å². The highest BCUT2D eigenvalue weighted by Crippen LogP contribution is 2.12. The molecule has 0 unspecified atom stereocenters. The number of carbonyl (C=O) groups is 1. The molecule has 1 aromatic carbocycles.